The highest BCUT2D eigenvalue weighted by Crippen LogP contribution is 2.53. The second kappa shape index (κ2) is 11.5. The number of ether oxygens (including phenoxy) is 2. The molecule has 3 aromatic carbocycles. The maximum absolute atomic E-state index is 13.9. The Labute approximate surface area is 249 Å². The van der Waals surface area contributed by atoms with Crippen LogP contribution >= 0.6 is 23.1 Å². The number of aromatic nitrogens is 1. The maximum atomic E-state index is 13.9. The molecule has 1 aromatic heterocycles. The number of para-hydroxylation sites is 1. The summed E-state index contributed by atoms with van der Waals surface area (Å²) in [5, 5.41) is 2.72. The number of thioether (sulfide) groups is 1. The summed E-state index contributed by atoms with van der Waals surface area (Å²) in [6.45, 7) is 3.88. The fraction of sp³-hybridized carbons (Fsp3) is 0.226. The molecule has 3 heterocycles. The number of nitrogens with one attached hydrogen (secondary N) is 2. The number of thiazole rings is 1. The SMILES string of the molecule is CCOc1cc([C@@H]2c3sc(=O)[nH]c3S[C@H]3C(=O)N(c4ccccc4)C(=O)[C@@H]23)ccc1OCC(=O)Nc1cccc(C)c1. The quantitative estimate of drug-likeness (QED) is 0.274. The summed E-state index contributed by atoms with van der Waals surface area (Å²) in [5.41, 5.74) is 2.92. The predicted molar refractivity (Wildman–Crippen MR) is 162 cm³/mol. The monoisotopic (exact) mass is 601 g/mol. The topological polar surface area (TPSA) is 118 Å². The van der Waals surface area contributed by atoms with Gasteiger partial charge in [-0.15, -0.1) is 0 Å². The number of nitrogens with zero attached hydrogens (tertiary/aromatic N) is 1. The molecule has 3 atom stereocenters. The van der Waals surface area contributed by atoms with Crippen LogP contribution in [-0.2, 0) is 14.4 Å². The summed E-state index contributed by atoms with van der Waals surface area (Å²) in [6, 6.07) is 21.6. The number of anilines is 2. The standard InChI is InChI=1S/C31H27N3O6S2/c1-3-39-22-15-18(12-13-21(22)40-16-23(35)32-19-9-7-8-17(2)14-19)24-25-27(41-28-26(24)42-31(38)33-28)30(37)34(29(25)36)20-10-5-4-6-11-20/h4-15,24-25,27H,3,16H2,1-2H3,(H,32,35)(H,33,38)/t24-,25-,27+/m0/s1. The van der Waals surface area contributed by atoms with E-state index in [1.54, 1.807) is 48.5 Å². The van der Waals surface area contributed by atoms with Gasteiger partial charge in [-0.25, -0.2) is 4.90 Å². The van der Waals surface area contributed by atoms with Crippen LogP contribution in [0.2, 0.25) is 0 Å². The highest BCUT2D eigenvalue weighted by atomic mass is 32.2. The van der Waals surface area contributed by atoms with Gasteiger partial charge in [-0.1, -0.05) is 59.5 Å². The van der Waals surface area contributed by atoms with Gasteiger partial charge in [0.1, 0.15) is 5.25 Å². The van der Waals surface area contributed by atoms with E-state index in [4.69, 9.17) is 9.47 Å². The van der Waals surface area contributed by atoms with Crippen molar-refractivity contribution >= 4 is 52.2 Å². The first-order chi connectivity index (χ1) is 20.3. The van der Waals surface area contributed by atoms with Crippen LogP contribution in [0.4, 0.5) is 11.4 Å². The van der Waals surface area contributed by atoms with Crippen LogP contribution < -0.4 is 24.6 Å². The largest absolute Gasteiger partial charge is 0.490 e. The van der Waals surface area contributed by atoms with Gasteiger partial charge in [-0.05, 0) is 61.4 Å². The van der Waals surface area contributed by atoms with Crippen LogP contribution in [0.3, 0.4) is 0 Å². The van der Waals surface area contributed by atoms with Gasteiger partial charge in [-0.2, -0.15) is 0 Å². The lowest BCUT2D eigenvalue weighted by Crippen LogP contribution is -2.32. The molecule has 214 valence electrons. The summed E-state index contributed by atoms with van der Waals surface area (Å²) in [6.07, 6.45) is 0. The van der Waals surface area contributed by atoms with Crippen LogP contribution in [0.1, 0.15) is 28.8 Å². The fourth-order valence-corrected chi connectivity index (χ4v) is 7.89. The van der Waals surface area contributed by atoms with Gasteiger partial charge in [0, 0.05) is 16.5 Å². The first kappa shape index (κ1) is 27.8. The van der Waals surface area contributed by atoms with Crippen molar-refractivity contribution in [3.8, 4) is 11.5 Å². The number of rotatable bonds is 8. The van der Waals surface area contributed by atoms with E-state index in [-0.39, 0.29) is 29.2 Å². The van der Waals surface area contributed by atoms with Crippen LogP contribution in [-0.4, -0.2) is 41.2 Å². The van der Waals surface area contributed by atoms with Crippen molar-refractivity contribution in [2.75, 3.05) is 23.4 Å². The molecule has 2 aliphatic heterocycles. The van der Waals surface area contributed by atoms with E-state index in [1.807, 2.05) is 38.1 Å². The number of carbonyl (C=O) groups is 3. The average molecular weight is 602 g/mol. The Morgan fingerprint density at radius 3 is 2.52 bits per heavy atom. The Morgan fingerprint density at radius 2 is 1.76 bits per heavy atom. The first-order valence-corrected chi connectivity index (χ1v) is 15.1. The van der Waals surface area contributed by atoms with Crippen molar-refractivity contribution in [3.63, 3.8) is 0 Å². The molecular weight excluding hydrogens is 574 g/mol. The average Bonchev–Trinajstić information content (AvgIpc) is 3.47. The molecule has 11 heteroatoms. The van der Waals surface area contributed by atoms with E-state index >= 15 is 0 Å². The molecule has 1 saturated heterocycles. The van der Waals surface area contributed by atoms with Gasteiger partial charge in [0.25, 0.3) is 5.91 Å². The van der Waals surface area contributed by atoms with Crippen LogP contribution in [0.25, 0.3) is 0 Å². The molecule has 0 bridgehead atoms. The Morgan fingerprint density at radius 1 is 0.952 bits per heavy atom. The van der Waals surface area contributed by atoms with Crippen molar-refractivity contribution in [2.45, 2.75) is 30.0 Å². The number of H-pyrrole nitrogens is 1. The number of aryl methyl sites for hydroxylation is 1. The van der Waals surface area contributed by atoms with E-state index in [9.17, 15) is 19.2 Å². The molecule has 2 N–H and O–H groups in total. The zero-order chi connectivity index (χ0) is 29.4. The van der Waals surface area contributed by atoms with Gasteiger partial charge in [0.2, 0.25) is 11.8 Å². The number of imide groups is 1. The maximum Gasteiger partial charge on any atom is 0.305 e. The summed E-state index contributed by atoms with van der Waals surface area (Å²) < 4.78 is 11.7. The highest BCUT2D eigenvalue weighted by molar-refractivity contribution is 8.00. The van der Waals surface area contributed by atoms with Crippen molar-refractivity contribution in [2.24, 2.45) is 5.92 Å². The minimum Gasteiger partial charge on any atom is -0.490 e. The van der Waals surface area contributed by atoms with Crippen molar-refractivity contribution in [3.05, 3.63) is 98.5 Å². The number of hydrogen-bond acceptors (Lipinski definition) is 8. The lowest BCUT2D eigenvalue weighted by atomic mass is 9.83. The third kappa shape index (κ3) is 5.21. The highest BCUT2D eigenvalue weighted by Gasteiger charge is 2.56. The Balaban J connectivity index is 1.31. The van der Waals surface area contributed by atoms with Crippen LogP contribution in [0.15, 0.2) is 82.6 Å². The van der Waals surface area contributed by atoms with E-state index in [0.717, 1.165) is 16.9 Å². The number of benzene rings is 3. The molecule has 1 fully saturated rings. The Hall–Kier alpha value is -4.35. The summed E-state index contributed by atoms with van der Waals surface area (Å²) in [7, 11) is 0. The molecule has 9 nitrogen and oxygen atoms in total. The molecule has 6 rings (SSSR count). The Bertz CT molecular complexity index is 1730. The second-order valence-corrected chi connectivity index (χ2v) is 12.1. The van der Waals surface area contributed by atoms with Crippen molar-refractivity contribution < 1.29 is 23.9 Å². The molecule has 0 spiro atoms. The normalized spacial score (nSPS) is 19.3. The number of hydrogen-bond donors (Lipinski definition) is 2. The third-order valence-corrected chi connectivity index (χ3v) is 9.53. The summed E-state index contributed by atoms with van der Waals surface area (Å²) in [4.78, 5) is 57.0. The smallest absolute Gasteiger partial charge is 0.305 e. The third-order valence-electron chi connectivity index (χ3n) is 7.13. The minimum atomic E-state index is -0.719. The van der Waals surface area contributed by atoms with Crippen LogP contribution in [0, 0.1) is 12.8 Å². The molecule has 3 amide bonds. The zero-order valence-electron chi connectivity index (χ0n) is 22.8. The van der Waals surface area contributed by atoms with E-state index in [2.05, 4.69) is 10.3 Å². The molecule has 42 heavy (non-hydrogen) atoms. The molecule has 4 aromatic rings. The molecule has 0 radical (unpaired) electrons. The lowest BCUT2D eigenvalue weighted by molar-refractivity contribution is -0.122. The molecule has 0 saturated carbocycles. The van der Waals surface area contributed by atoms with E-state index in [1.165, 1.54) is 16.7 Å². The molecular formula is C31H27N3O6S2. The van der Waals surface area contributed by atoms with Gasteiger partial charge < -0.3 is 19.8 Å². The lowest BCUT2D eigenvalue weighted by Gasteiger charge is -2.30. The molecule has 2 aliphatic rings. The fourth-order valence-electron chi connectivity index (χ4n) is 5.38. The molecule has 0 unspecified atom stereocenters. The predicted octanol–water partition coefficient (Wildman–Crippen LogP) is 4.96. The van der Waals surface area contributed by atoms with E-state index in [0.29, 0.717) is 44.9 Å². The minimum absolute atomic E-state index is 0.235. The number of amides is 3. The summed E-state index contributed by atoms with van der Waals surface area (Å²) in [5.74, 6) is -1.46. The molecule has 0 aliphatic carbocycles. The number of fused-ring (bicyclic) bond motifs is 2. The second-order valence-electron chi connectivity index (χ2n) is 9.94. The van der Waals surface area contributed by atoms with Crippen LogP contribution in [0.5, 0.6) is 11.5 Å². The zero-order valence-corrected chi connectivity index (χ0v) is 24.4. The van der Waals surface area contributed by atoms with Crippen molar-refractivity contribution in [1.29, 1.82) is 0 Å². The van der Waals surface area contributed by atoms with Gasteiger partial charge >= 0.3 is 4.87 Å². The Kier molecular flexibility index (Phi) is 7.61. The van der Waals surface area contributed by atoms with Gasteiger partial charge in [0.05, 0.1) is 23.2 Å². The first-order valence-electron chi connectivity index (χ1n) is 13.4. The van der Waals surface area contributed by atoms with Crippen molar-refractivity contribution in [1.82, 2.24) is 4.98 Å². The van der Waals surface area contributed by atoms with Gasteiger partial charge in [0.15, 0.2) is 18.1 Å². The number of carbonyl (C=O) groups excluding carboxylic acids is 3. The van der Waals surface area contributed by atoms with E-state index < -0.39 is 17.1 Å². The van der Waals surface area contributed by atoms with Gasteiger partial charge in [-0.3, -0.25) is 19.2 Å². The number of aromatic amines is 1. The summed E-state index contributed by atoms with van der Waals surface area (Å²) >= 11 is 2.27.